The van der Waals surface area contributed by atoms with Gasteiger partial charge in [-0.15, -0.1) is 23.5 Å². The summed E-state index contributed by atoms with van der Waals surface area (Å²) in [6.45, 7) is 0. The first-order valence-electron chi connectivity index (χ1n) is 5.19. The predicted molar refractivity (Wildman–Crippen MR) is 77.2 cm³/mol. The molecule has 0 aliphatic heterocycles. The van der Waals surface area contributed by atoms with Gasteiger partial charge in [0, 0.05) is 41.7 Å². The second kappa shape index (κ2) is 6.77. The summed E-state index contributed by atoms with van der Waals surface area (Å²) >= 11 is 3.25. The van der Waals surface area contributed by atoms with Crippen LogP contribution in [-0.4, -0.2) is 37.3 Å². The number of allylic oxidation sites excluding steroid dienone is 1. The zero-order chi connectivity index (χ0) is 12.8. The minimum atomic E-state index is 0.0546. The predicted octanol–water partition coefficient (Wildman–Crippen LogP) is 3.39. The largest absolute Gasteiger partial charge is 0.383 e. The van der Waals surface area contributed by atoms with E-state index in [1.54, 1.807) is 35.8 Å². The summed E-state index contributed by atoms with van der Waals surface area (Å²) in [6, 6.07) is 6.01. The molecule has 0 spiro atoms. The van der Waals surface area contributed by atoms with Crippen molar-refractivity contribution in [2.24, 2.45) is 0 Å². The normalized spacial score (nSPS) is 10.8. The smallest absolute Gasteiger partial charge is 0.188 e. The van der Waals surface area contributed by atoms with Crippen LogP contribution in [0.1, 0.15) is 10.4 Å². The highest BCUT2D eigenvalue weighted by Gasteiger charge is 2.09. The van der Waals surface area contributed by atoms with Crippen molar-refractivity contribution >= 4 is 29.3 Å². The second-order valence-electron chi connectivity index (χ2n) is 3.71. The average Bonchev–Trinajstić information content (AvgIpc) is 2.34. The van der Waals surface area contributed by atoms with E-state index in [2.05, 4.69) is 0 Å². The first kappa shape index (κ1) is 14.2. The van der Waals surface area contributed by atoms with Crippen molar-refractivity contribution < 1.29 is 4.79 Å². The van der Waals surface area contributed by atoms with Gasteiger partial charge in [-0.05, 0) is 30.7 Å². The minimum absolute atomic E-state index is 0.0546. The van der Waals surface area contributed by atoms with E-state index in [1.165, 1.54) is 0 Å². The van der Waals surface area contributed by atoms with E-state index in [0.29, 0.717) is 0 Å². The third kappa shape index (κ3) is 4.13. The lowest BCUT2D eigenvalue weighted by atomic mass is 10.1. The Morgan fingerprint density at radius 3 is 2.47 bits per heavy atom. The summed E-state index contributed by atoms with van der Waals surface area (Å²) in [5.41, 5.74) is 0.780. The summed E-state index contributed by atoms with van der Waals surface area (Å²) in [5, 5.41) is 0. The van der Waals surface area contributed by atoms with Crippen LogP contribution in [0.3, 0.4) is 0 Å². The molecule has 0 aliphatic rings. The van der Waals surface area contributed by atoms with Crippen molar-refractivity contribution in [3.8, 4) is 0 Å². The van der Waals surface area contributed by atoms with Gasteiger partial charge in [0.15, 0.2) is 5.78 Å². The van der Waals surface area contributed by atoms with Crippen LogP contribution < -0.4 is 0 Å². The highest BCUT2D eigenvalue weighted by atomic mass is 32.2. The van der Waals surface area contributed by atoms with Gasteiger partial charge in [-0.2, -0.15) is 0 Å². The second-order valence-corrected chi connectivity index (χ2v) is 5.44. The number of carbonyl (C=O) groups excluding carboxylic acids is 1. The molecule has 0 heterocycles. The van der Waals surface area contributed by atoms with E-state index in [-0.39, 0.29) is 5.78 Å². The van der Waals surface area contributed by atoms with Crippen LogP contribution in [0.4, 0.5) is 0 Å². The molecule has 0 radical (unpaired) electrons. The Kier molecular flexibility index (Phi) is 5.65. The van der Waals surface area contributed by atoms with Gasteiger partial charge in [0.1, 0.15) is 0 Å². The number of hydrogen-bond donors (Lipinski definition) is 0. The Labute approximate surface area is 111 Å². The van der Waals surface area contributed by atoms with Crippen LogP contribution in [0, 0.1) is 0 Å². The topological polar surface area (TPSA) is 20.3 Å². The molecule has 0 atom stereocenters. The van der Waals surface area contributed by atoms with Gasteiger partial charge in [0.25, 0.3) is 0 Å². The fraction of sp³-hybridized carbons (Fsp3) is 0.308. The zero-order valence-corrected chi connectivity index (χ0v) is 12.2. The molecule has 0 saturated heterocycles. The Bertz CT molecular complexity index is 427. The molecule has 1 rings (SSSR count). The number of rotatable bonds is 5. The molecular formula is C13H17NOS2. The van der Waals surface area contributed by atoms with Crippen molar-refractivity contribution in [3.05, 3.63) is 36.0 Å². The number of nitrogens with zero attached hydrogens (tertiary/aromatic N) is 1. The van der Waals surface area contributed by atoms with E-state index in [4.69, 9.17) is 0 Å². The molecule has 0 unspecified atom stereocenters. The molecule has 17 heavy (non-hydrogen) atoms. The van der Waals surface area contributed by atoms with Crippen molar-refractivity contribution in [3.63, 3.8) is 0 Å². The number of carbonyl (C=O) groups is 1. The SMILES string of the molecule is CSc1ccc(SC)c(C(=O)C=CN(C)C)c1. The van der Waals surface area contributed by atoms with E-state index in [0.717, 1.165) is 15.4 Å². The van der Waals surface area contributed by atoms with Crippen LogP contribution in [0.2, 0.25) is 0 Å². The van der Waals surface area contributed by atoms with Gasteiger partial charge < -0.3 is 4.90 Å². The van der Waals surface area contributed by atoms with E-state index >= 15 is 0 Å². The lowest BCUT2D eigenvalue weighted by molar-refractivity contribution is 0.104. The van der Waals surface area contributed by atoms with Gasteiger partial charge in [-0.1, -0.05) is 0 Å². The number of thioether (sulfide) groups is 2. The fourth-order valence-electron chi connectivity index (χ4n) is 1.31. The molecule has 2 nitrogen and oxygen atoms in total. The Morgan fingerprint density at radius 1 is 1.24 bits per heavy atom. The van der Waals surface area contributed by atoms with Crippen LogP contribution in [0.5, 0.6) is 0 Å². The molecule has 0 saturated carbocycles. The summed E-state index contributed by atoms with van der Waals surface area (Å²) < 4.78 is 0. The van der Waals surface area contributed by atoms with Gasteiger partial charge in [0.05, 0.1) is 0 Å². The first-order chi connectivity index (χ1) is 8.08. The molecule has 0 aromatic heterocycles. The number of benzene rings is 1. The first-order valence-corrected chi connectivity index (χ1v) is 7.64. The van der Waals surface area contributed by atoms with Crippen LogP contribution in [0.25, 0.3) is 0 Å². The maximum atomic E-state index is 12.1. The third-order valence-electron chi connectivity index (χ3n) is 2.20. The maximum Gasteiger partial charge on any atom is 0.188 e. The molecule has 0 fully saturated rings. The molecule has 92 valence electrons. The standard InChI is InChI=1S/C13H17NOS2/c1-14(2)8-7-12(15)11-9-10(16-3)5-6-13(11)17-4/h5-9H,1-4H3. The summed E-state index contributed by atoms with van der Waals surface area (Å²) in [6.07, 6.45) is 7.38. The highest BCUT2D eigenvalue weighted by molar-refractivity contribution is 7.99. The van der Waals surface area contributed by atoms with Crippen LogP contribution in [-0.2, 0) is 0 Å². The monoisotopic (exact) mass is 267 g/mol. The molecule has 0 N–H and O–H groups in total. The van der Waals surface area contributed by atoms with E-state index < -0.39 is 0 Å². The lowest BCUT2D eigenvalue weighted by Gasteiger charge is -2.07. The quantitative estimate of drug-likeness (QED) is 0.463. The van der Waals surface area contributed by atoms with Crippen molar-refractivity contribution in [2.45, 2.75) is 9.79 Å². The fourth-order valence-corrected chi connectivity index (χ4v) is 2.34. The summed E-state index contributed by atoms with van der Waals surface area (Å²) in [5.74, 6) is 0.0546. The van der Waals surface area contributed by atoms with E-state index in [9.17, 15) is 4.79 Å². The maximum absolute atomic E-state index is 12.1. The highest BCUT2D eigenvalue weighted by Crippen LogP contribution is 2.26. The minimum Gasteiger partial charge on any atom is -0.383 e. The molecule has 0 bridgehead atoms. The molecule has 0 aliphatic carbocycles. The van der Waals surface area contributed by atoms with Gasteiger partial charge in [-0.3, -0.25) is 4.79 Å². The van der Waals surface area contributed by atoms with Gasteiger partial charge >= 0.3 is 0 Å². The molecule has 4 heteroatoms. The van der Waals surface area contributed by atoms with Crippen molar-refractivity contribution in [2.75, 3.05) is 26.6 Å². The van der Waals surface area contributed by atoms with Crippen molar-refractivity contribution in [1.29, 1.82) is 0 Å². The molecular weight excluding hydrogens is 250 g/mol. The molecule has 1 aromatic carbocycles. The van der Waals surface area contributed by atoms with Crippen LogP contribution in [0.15, 0.2) is 40.3 Å². The molecule has 0 amide bonds. The lowest BCUT2D eigenvalue weighted by Crippen LogP contribution is -2.04. The Balaban J connectivity index is 3.05. The number of hydrogen-bond acceptors (Lipinski definition) is 4. The summed E-state index contributed by atoms with van der Waals surface area (Å²) in [4.78, 5) is 16.1. The van der Waals surface area contributed by atoms with Gasteiger partial charge in [-0.25, -0.2) is 0 Å². The summed E-state index contributed by atoms with van der Waals surface area (Å²) in [7, 11) is 3.80. The zero-order valence-electron chi connectivity index (χ0n) is 10.6. The van der Waals surface area contributed by atoms with E-state index in [1.807, 2.05) is 49.7 Å². The van der Waals surface area contributed by atoms with Crippen LogP contribution >= 0.6 is 23.5 Å². The third-order valence-corrected chi connectivity index (χ3v) is 3.72. The number of ketones is 1. The molecule has 1 aromatic rings. The average molecular weight is 267 g/mol. The van der Waals surface area contributed by atoms with Crippen molar-refractivity contribution in [1.82, 2.24) is 4.90 Å². The Hall–Kier alpha value is -0.870. The Morgan fingerprint density at radius 2 is 1.94 bits per heavy atom. The van der Waals surface area contributed by atoms with Gasteiger partial charge in [0.2, 0.25) is 0 Å².